The lowest BCUT2D eigenvalue weighted by atomic mass is 10.2. The number of benzene rings is 2. The molecule has 27 heavy (non-hydrogen) atoms. The maximum atomic E-state index is 6.32. The number of nitrogens with one attached hydrogen (secondary N) is 1. The fraction of sp³-hybridized carbons (Fsp3) is 0.0500. The van der Waals surface area contributed by atoms with Crippen molar-refractivity contribution in [2.45, 2.75) is 16.5 Å². The molecule has 0 amide bonds. The first-order chi connectivity index (χ1) is 13.2. The maximum Gasteiger partial charge on any atom is 0.154 e. The number of anilines is 2. The summed E-state index contributed by atoms with van der Waals surface area (Å²) in [5.41, 5.74) is 8.72. The van der Waals surface area contributed by atoms with Gasteiger partial charge in [-0.2, -0.15) is 0 Å². The molecule has 0 saturated carbocycles. The summed E-state index contributed by atoms with van der Waals surface area (Å²) in [5.74, 6) is 0.584. The van der Waals surface area contributed by atoms with Crippen LogP contribution >= 0.6 is 23.4 Å². The van der Waals surface area contributed by atoms with Crippen LogP contribution in [0.5, 0.6) is 0 Å². The number of hydrogen-bond donors (Lipinski definition) is 2. The van der Waals surface area contributed by atoms with Gasteiger partial charge in [-0.3, -0.25) is 4.98 Å². The van der Waals surface area contributed by atoms with Gasteiger partial charge in [0.15, 0.2) is 5.82 Å². The van der Waals surface area contributed by atoms with E-state index in [-0.39, 0.29) is 0 Å². The Kier molecular flexibility index (Phi) is 5.09. The third-order valence-electron chi connectivity index (χ3n) is 4.05. The number of nitrogens with two attached hydrogens (primary N) is 1. The van der Waals surface area contributed by atoms with Crippen molar-refractivity contribution in [1.29, 1.82) is 0 Å². The van der Waals surface area contributed by atoms with E-state index in [2.05, 4.69) is 20.3 Å². The van der Waals surface area contributed by atoms with Gasteiger partial charge in [0.2, 0.25) is 0 Å². The highest BCUT2D eigenvalue weighted by Crippen LogP contribution is 2.36. The molecule has 0 radical (unpaired) electrons. The Morgan fingerprint density at radius 1 is 0.963 bits per heavy atom. The molecule has 0 aliphatic heterocycles. The van der Waals surface area contributed by atoms with Crippen LogP contribution in [0, 0.1) is 0 Å². The van der Waals surface area contributed by atoms with Gasteiger partial charge in [0.25, 0.3) is 0 Å². The second kappa shape index (κ2) is 7.82. The lowest BCUT2D eigenvalue weighted by molar-refractivity contribution is 1.03. The number of nitrogen functional groups attached to an aromatic ring is 1. The van der Waals surface area contributed by atoms with E-state index < -0.39 is 0 Å². The number of aromatic nitrogens is 3. The smallest absolute Gasteiger partial charge is 0.154 e. The molecule has 0 fully saturated rings. The minimum atomic E-state index is 0.502. The summed E-state index contributed by atoms with van der Waals surface area (Å²) in [6, 6.07) is 17.7. The van der Waals surface area contributed by atoms with Crippen LogP contribution in [0.3, 0.4) is 0 Å². The average molecular weight is 394 g/mol. The Bertz CT molecular complexity index is 1100. The first-order valence-corrected chi connectivity index (χ1v) is 9.51. The first-order valence-electron chi connectivity index (χ1n) is 8.32. The van der Waals surface area contributed by atoms with E-state index in [1.54, 1.807) is 6.20 Å². The number of rotatable bonds is 5. The summed E-state index contributed by atoms with van der Waals surface area (Å²) in [5, 5.41) is 5.71. The molecule has 134 valence electrons. The molecule has 4 rings (SSSR count). The van der Waals surface area contributed by atoms with Crippen molar-refractivity contribution in [2.24, 2.45) is 0 Å². The summed E-state index contributed by atoms with van der Waals surface area (Å²) in [6.45, 7) is 0.529. The second-order valence-corrected chi connectivity index (χ2v) is 7.26. The van der Waals surface area contributed by atoms with Crippen LogP contribution in [0.4, 0.5) is 11.5 Å². The van der Waals surface area contributed by atoms with Crippen molar-refractivity contribution >= 4 is 45.8 Å². The summed E-state index contributed by atoms with van der Waals surface area (Å²) < 4.78 is 0. The molecule has 0 saturated heterocycles. The third kappa shape index (κ3) is 3.82. The number of para-hydroxylation sites is 1. The quantitative estimate of drug-likeness (QED) is 0.463. The maximum absolute atomic E-state index is 6.32. The van der Waals surface area contributed by atoms with E-state index in [1.165, 1.54) is 18.1 Å². The van der Waals surface area contributed by atoms with Crippen LogP contribution in [-0.2, 0) is 6.54 Å². The van der Waals surface area contributed by atoms with Crippen LogP contribution in [-0.4, -0.2) is 15.0 Å². The predicted octanol–water partition coefficient (Wildman–Crippen LogP) is 5.02. The lowest BCUT2D eigenvalue weighted by Crippen LogP contribution is -2.06. The molecule has 7 heteroatoms. The molecule has 5 nitrogen and oxygen atoms in total. The van der Waals surface area contributed by atoms with E-state index >= 15 is 0 Å². The molecule has 2 aromatic heterocycles. The number of pyridine rings is 1. The zero-order chi connectivity index (χ0) is 18.6. The highest BCUT2D eigenvalue weighted by atomic mass is 35.5. The molecule has 0 aliphatic carbocycles. The molecule has 0 atom stereocenters. The van der Waals surface area contributed by atoms with E-state index in [0.29, 0.717) is 28.1 Å². The minimum Gasteiger partial charge on any atom is -0.394 e. The zero-order valence-electron chi connectivity index (χ0n) is 14.3. The Hall–Kier alpha value is -2.83. The summed E-state index contributed by atoms with van der Waals surface area (Å²) in [6.07, 6.45) is 3.29. The van der Waals surface area contributed by atoms with Gasteiger partial charge in [0, 0.05) is 28.0 Å². The number of fused-ring (bicyclic) bond motifs is 1. The average Bonchev–Trinajstić information content (AvgIpc) is 2.70. The largest absolute Gasteiger partial charge is 0.394 e. The highest BCUT2D eigenvalue weighted by Gasteiger charge is 2.12. The van der Waals surface area contributed by atoms with Crippen LogP contribution in [0.25, 0.3) is 10.9 Å². The summed E-state index contributed by atoms with van der Waals surface area (Å²) in [7, 11) is 0. The van der Waals surface area contributed by atoms with Crippen molar-refractivity contribution in [1.82, 2.24) is 15.0 Å². The van der Waals surface area contributed by atoms with Gasteiger partial charge in [-0.1, -0.05) is 59.8 Å². The Morgan fingerprint density at radius 3 is 2.70 bits per heavy atom. The molecule has 0 spiro atoms. The minimum absolute atomic E-state index is 0.502. The van der Waals surface area contributed by atoms with Gasteiger partial charge >= 0.3 is 0 Å². The van der Waals surface area contributed by atoms with Crippen molar-refractivity contribution in [3.63, 3.8) is 0 Å². The van der Waals surface area contributed by atoms with E-state index in [9.17, 15) is 0 Å². The molecular formula is C20H16ClN5S. The monoisotopic (exact) mass is 393 g/mol. The van der Waals surface area contributed by atoms with E-state index in [1.807, 2.05) is 54.6 Å². The van der Waals surface area contributed by atoms with Crippen LogP contribution in [0.2, 0.25) is 5.02 Å². The summed E-state index contributed by atoms with van der Waals surface area (Å²) >= 11 is 7.69. The van der Waals surface area contributed by atoms with Crippen molar-refractivity contribution in [2.75, 3.05) is 11.1 Å². The normalized spacial score (nSPS) is 10.9. The van der Waals surface area contributed by atoms with Crippen molar-refractivity contribution < 1.29 is 0 Å². The van der Waals surface area contributed by atoms with Gasteiger partial charge in [0.1, 0.15) is 17.0 Å². The van der Waals surface area contributed by atoms with Crippen LogP contribution < -0.4 is 11.1 Å². The predicted molar refractivity (Wildman–Crippen MR) is 111 cm³/mol. The fourth-order valence-corrected chi connectivity index (χ4v) is 3.82. The third-order valence-corrected chi connectivity index (χ3v) is 5.49. The second-order valence-electron chi connectivity index (χ2n) is 5.82. The summed E-state index contributed by atoms with van der Waals surface area (Å²) in [4.78, 5) is 14.1. The van der Waals surface area contributed by atoms with Gasteiger partial charge < -0.3 is 11.1 Å². The standard InChI is InChI=1S/C20H16ClN5S/c21-15-8-2-1-5-14(15)11-24-19-17(22)20(26-12-25-19)27-16-9-3-6-13-7-4-10-23-18(13)16/h1-10,12H,11,22H2,(H,24,25,26). The van der Waals surface area contributed by atoms with Crippen molar-refractivity contribution in [3.8, 4) is 0 Å². The number of hydrogen-bond acceptors (Lipinski definition) is 6. The molecule has 2 aromatic carbocycles. The van der Waals surface area contributed by atoms with Gasteiger partial charge in [0.05, 0.1) is 5.52 Å². The van der Waals surface area contributed by atoms with Crippen LogP contribution in [0.1, 0.15) is 5.56 Å². The Balaban J connectivity index is 1.59. The van der Waals surface area contributed by atoms with Crippen LogP contribution in [0.15, 0.2) is 77.0 Å². The fourth-order valence-electron chi connectivity index (χ4n) is 2.69. The molecule has 4 aromatic rings. The van der Waals surface area contributed by atoms with E-state index in [0.717, 1.165) is 21.4 Å². The topological polar surface area (TPSA) is 76.7 Å². The molecule has 2 heterocycles. The number of nitrogens with zero attached hydrogens (tertiary/aromatic N) is 3. The van der Waals surface area contributed by atoms with Gasteiger partial charge in [-0.05, 0) is 23.8 Å². The highest BCUT2D eigenvalue weighted by molar-refractivity contribution is 7.99. The zero-order valence-corrected chi connectivity index (χ0v) is 15.8. The molecule has 0 aliphatic rings. The van der Waals surface area contributed by atoms with Gasteiger partial charge in [-0.25, -0.2) is 9.97 Å². The Labute approximate surface area is 166 Å². The lowest BCUT2D eigenvalue weighted by Gasteiger charge is -2.12. The Morgan fingerprint density at radius 2 is 1.81 bits per heavy atom. The number of halogens is 1. The van der Waals surface area contributed by atoms with Gasteiger partial charge in [-0.15, -0.1) is 0 Å². The molecule has 3 N–H and O–H groups in total. The molecule has 0 unspecified atom stereocenters. The first kappa shape index (κ1) is 17.6. The molecular weight excluding hydrogens is 378 g/mol. The van der Waals surface area contributed by atoms with E-state index in [4.69, 9.17) is 17.3 Å². The molecule has 0 bridgehead atoms. The van der Waals surface area contributed by atoms with Crippen molar-refractivity contribution in [3.05, 3.63) is 77.7 Å². The SMILES string of the molecule is Nc1c(NCc2ccccc2Cl)ncnc1Sc1cccc2cccnc12.